The van der Waals surface area contributed by atoms with E-state index in [9.17, 15) is 9.59 Å². The standard InChI is InChI=1S/C16H21N3O3S2/c1-22-8-7-19-15(21)14-12(6-9-23-14)18-16(19)24-10-13(20)17-11-4-2-3-5-11/h6,9,11H,2-5,7-8,10H2,1H3,(H,17,20). The van der Waals surface area contributed by atoms with E-state index in [0.29, 0.717) is 34.6 Å². The molecule has 8 heteroatoms. The quantitative estimate of drug-likeness (QED) is 0.600. The van der Waals surface area contributed by atoms with E-state index >= 15 is 0 Å². The van der Waals surface area contributed by atoms with Crippen molar-refractivity contribution in [3.63, 3.8) is 0 Å². The zero-order valence-corrected chi connectivity index (χ0v) is 15.3. The molecule has 3 rings (SSSR count). The van der Waals surface area contributed by atoms with Crippen molar-refractivity contribution >= 4 is 39.2 Å². The minimum absolute atomic E-state index is 0.00450. The minimum Gasteiger partial charge on any atom is -0.383 e. The van der Waals surface area contributed by atoms with Gasteiger partial charge in [-0.15, -0.1) is 11.3 Å². The van der Waals surface area contributed by atoms with Crippen LogP contribution in [-0.2, 0) is 16.1 Å². The van der Waals surface area contributed by atoms with E-state index < -0.39 is 0 Å². The highest BCUT2D eigenvalue weighted by Gasteiger charge is 2.18. The summed E-state index contributed by atoms with van der Waals surface area (Å²) in [5, 5.41) is 5.50. The summed E-state index contributed by atoms with van der Waals surface area (Å²) >= 11 is 2.70. The normalized spacial score (nSPS) is 15.2. The van der Waals surface area contributed by atoms with Crippen molar-refractivity contribution in [1.29, 1.82) is 0 Å². The number of aromatic nitrogens is 2. The first-order chi connectivity index (χ1) is 11.7. The van der Waals surface area contributed by atoms with Crippen molar-refractivity contribution in [2.75, 3.05) is 19.5 Å². The van der Waals surface area contributed by atoms with E-state index in [2.05, 4.69) is 10.3 Å². The molecule has 0 saturated heterocycles. The lowest BCUT2D eigenvalue weighted by atomic mass is 10.2. The zero-order valence-electron chi connectivity index (χ0n) is 13.6. The first kappa shape index (κ1) is 17.4. The highest BCUT2D eigenvalue weighted by molar-refractivity contribution is 7.99. The van der Waals surface area contributed by atoms with Crippen LogP contribution in [0.5, 0.6) is 0 Å². The van der Waals surface area contributed by atoms with E-state index in [1.165, 1.54) is 35.9 Å². The molecule has 130 valence electrons. The van der Waals surface area contributed by atoms with Crippen molar-refractivity contribution in [2.24, 2.45) is 0 Å². The first-order valence-corrected chi connectivity index (χ1v) is 9.94. The molecular formula is C16H21N3O3S2. The van der Waals surface area contributed by atoms with Gasteiger partial charge in [-0.3, -0.25) is 14.2 Å². The molecule has 2 aromatic heterocycles. The number of thiophene rings is 1. The van der Waals surface area contributed by atoms with Crippen LogP contribution in [-0.4, -0.2) is 41.0 Å². The van der Waals surface area contributed by atoms with Crippen LogP contribution in [0.1, 0.15) is 25.7 Å². The molecule has 0 spiro atoms. The van der Waals surface area contributed by atoms with Gasteiger partial charge >= 0.3 is 0 Å². The van der Waals surface area contributed by atoms with Crippen LogP contribution in [0.25, 0.3) is 10.2 Å². The smallest absolute Gasteiger partial charge is 0.272 e. The second-order valence-electron chi connectivity index (χ2n) is 5.82. The van der Waals surface area contributed by atoms with Crippen molar-refractivity contribution < 1.29 is 9.53 Å². The number of fused-ring (bicyclic) bond motifs is 1. The Bertz CT molecular complexity index is 766. The minimum atomic E-state index is -0.0641. The van der Waals surface area contributed by atoms with E-state index in [0.717, 1.165) is 12.8 Å². The number of hydrogen-bond donors (Lipinski definition) is 1. The Balaban J connectivity index is 1.74. The third-order valence-electron chi connectivity index (χ3n) is 4.10. The summed E-state index contributed by atoms with van der Waals surface area (Å²) in [5.74, 6) is 0.274. The van der Waals surface area contributed by atoms with Crippen molar-refractivity contribution in [1.82, 2.24) is 14.9 Å². The van der Waals surface area contributed by atoms with E-state index in [1.54, 1.807) is 11.7 Å². The number of rotatable bonds is 7. The number of methoxy groups -OCH3 is 1. The fraction of sp³-hybridized carbons (Fsp3) is 0.562. The third-order valence-corrected chi connectivity index (χ3v) is 5.97. The molecule has 0 unspecified atom stereocenters. The van der Waals surface area contributed by atoms with Gasteiger partial charge in [0.1, 0.15) is 4.70 Å². The highest BCUT2D eigenvalue weighted by Crippen LogP contribution is 2.21. The van der Waals surface area contributed by atoms with Gasteiger partial charge in [0.2, 0.25) is 5.91 Å². The Morgan fingerprint density at radius 1 is 1.50 bits per heavy atom. The predicted octanol–water partition coefficient (Wildman–Crippen LogP) is 2.26. The second kappa shape index (κ2) is 8.13. The van der Waals surface area contributed by atoms with Gasteiger partial charge in [-0.1, -0.05) is 24.6 Å². The van der Waals surface area contributed by atoms with Crippen LogP contribution in [0.3, 0.4) is 0 Å². The maximum absolute atomic E-state index is 12.6. The third kappa shape index (κ3) is 3.99. The van der Waals surface area contributed by atoms with Crippen molar-refractivity contribution in [3.05, 3.63) is 21.8 Å². The average Bonchev–Trinajstić information content (AvgIpc) is 3.23. The molecule has 1 saturated carbocycles. The first-order valence-electron chi connectivity index (χ1n) is 8.08. The lowest BCUT2D eigenvalue weighted by Crippen LogP contribution is -2.34. The zero-order chi connectivity index (χ0) is 16.9. The molecule has 0 atom stereocenters. The maximum atomic E-state index is 12.6. The summed E-state index contributed by atoms with van der Waals surface area (Å²) in [6.07, 6.45) is 4.50. The largest absolute Gasteiger partial charge is 0.383 e. The molecule has 0 aliphatic heterocycles. The lowest BCUT2D eigenvalue weighted by molar-refractivity contribution is -0.119. The average molecular weight is 367 g/mol. The number of ether oxygens (including phenoxy) is 1. The van der Waals surface area contributed by atoms with Gasteiger partial charge in [0, 0.05) is 13.2 Å². The molecule has 1 aliphatic rings. The number of amides is 1. The molecule has 2 heterocycles. The van der Waals surface area contributed by atoms with Gasteiger partial charge in [0.15, 0.2) is 5.16 Å². The van der Waals surface area contributed by atoms with E-state index in [1.807, 2.05) is 11.4 Å². The van der Waals surface area contributed by atoms with E-state index in [-0.39, 0.29) is 17.2 Å². The maximum Gasteiger partial charge on any atom is 0.272 e. The molecule has 0 bridgehead atoms. The Morgan fingerprint density at radius 2 is 2.29 bits per heavy atom. The van der Waals surface area contributed by atoms with Crippen LogP contribution in [0.4, 0.5) is 0 Å². The fourth-order valence-corrected chi connectivity index (χ4v) is 4.50. The van der Waals surface area contributed by atoms with E-state index in [4.69, 9.17) is 4.74 Å². The molecule has 1 N–H and O–H groups in total. The van der Waals surface area contributed by atoms with Crippen LogP contribution < -0.4 is 10.9 Å². The summed E-state index contributed by atoms with van der Waals surface area (Å²) < 4.78 is 7.34. The molecule has 6 nitrogen and oxygen atoms in total. The second-order valence-corrected chi connectivity index (χ2v) is 7.68. The number of nitrogens with one attached hydrogen (secondary N) is 1. The highest BCUT2D eigenvalue weighted by atomic mass is 32.2. The molecular weight excluding hydrogens is 346 g/mol. The van der Waals surface area contributed by atoms with Gasteiger partial charge < -0.3 is 10.1 Å². The molecule has 24 heavy (non-hydrogen) atoms. The summed E-state index contributed by atoms with van der Waals surface area (Å²) in [7, 11) is 1.60. The molecule has 1 fully saturated rings. The van der Waals surface area contributed by atoms with Crippen LogP contribution in [0.15, 0.2) is 21.4 Å². The van der Waals surface area contributed by atoms with Gasteiger partial charge in [0.05, 0.1) is 24.4 Å². The summed E-state index contributed by atoms with van der Waals surface area (Å²) in [6, 6.07) is 2.14. The molecule has 1 amide bonds. The lowest BCUT2D eigenvalue weighted by Gasteiger charge is -2.13. The number of carbonyl (C=O) groups is 1. The SMILES string of the molecule is COCCn1c(SCC(=O)NC2CCCC2)nc2ccsc2c1=O. The van der Waals surface area contributed by atoms with Crippen molar-refractivity contribution in [2.45, 2.75) is 43.4 Å². The predicted molar refractivity (Wildman–Crippen MR) is 96.9 cm³/mol. The number of carbonyl (C=O) groups excluding carboxylic acids is 1. The Labute approximate surface area is 148 Å². The molecule has 0 aromatic carbocycles. The van der Waals surface area contributed by atoms with Crippen molar-refractivity contribution in [3.8, 4) is 0 Å². The Morgan fingerprint density at radius 3 is 3.04 bits per heavy atom. The van der Waals surface area contributed by atoms with Gasteiger partial charge in [-0.05, 0) is 24.3 Å². The summed E-state index contributed by atoms with van der Waals surface area (Å²) in [6.45, 7) is 0.864. The van der Waals surface area contributed by atoms with Gasteiger partial charge in [0.25, 0.3) is 5.56 Å². The monoisotopic (exact) mass is 367 g/mol. The topological polar surface area (TPSA) is 73.2 Å². The molecule has 2 aromatic rings. The molecule has 1 aliphatic carbocycles. The van der Waals surface area contributed by atoms with Crippen LogP contribution in [0.2, 0.25) is 0 Å². The number of hydrogen-bond acceptors (Lipinski definition) is 6. The van der Waals surface area contributed by atoms with Crippen LogP contribution >= 0.6 is 23.1 Å². The molecule has 0 radical (unpaired) electrons. The number of nitrogens with zero attached hydrogens (tertiary/aromatic N) is 2. The fourth-order valence-electron chi connectivity index (χ4n) is 2.88. The number of thioether (sulfide) groups is 1. The van der Waals surface area contributed by atoms with Crippen LogP contribution in [0, 0.1) is 0 Å². The van der Waals surface area contributed by atoms with Gasteiger partial charge in [-0.25, -0.2) is 4.98 Å². The summed E-state index contributed by atoms with van der Waals surface area (Å²) in [5.41, 5.74) is 0.628. The Hall–Kier alpha value is -1.38. The Kier molecular flexibility index (Phi) is 5.91. The summed E-state index contributed by atoms with van der Waals surface area (Å²) in [4.78, 5) is 29.3. The van der Waals surface area contributed by atoms with Gasteiger partial charge in [-0.2, -0.15) is 0 Å².